The van der Waals surface area contributed by atoms with Crippen LogP contribution in [0.3, 0.4) is 0 Å². The van der Waals surface area contributed by atoms with Gasteiger partial charge >= 0.3 is 0 Å². The highest BCUT2D eigenvalue weighted by molar-refractivity contribution is 5.77. The van der Waals surface area contributed by atoms with Gasteiger partial charge in [0, 0.05) is 11.6 Å². The first-order chi connectivity index (χ1) is 11.5. The monoisotopic (exact) mass is 327 g/mol. The number of rotatable bonds is 3. The van der Waals surface area contributed by atoms with Crippen molar-refractivity contribution in [2.45, 2.75) is 0 Å². The number of aromatic amines is 2. The Kier molecular flexibility index (Phi) is 3.74. The molecule has 0 spiro atoms. The Morgan fingerprint density at radius 2 is 1.88 bits per heavy atom. The second-order valence-corrected chi connectivity index (χ2v) is 4.86. The number of anilines is 1. The normalized spacial score (nSPS) is 11.6. The summed E-state index contributed by atoms with van der Waals surface area (Å²) in [4.78, 5) is 36.2. The first-order valence-corrected chi connectivity index (χ1v) is 6.83. The lowest BCUT2D eigenvalue weighted by Gasteiger charge is -2.03. The van der Waals surface area contributed by atoms with Crippen LogP contribution in [-0.2, 0) is 0 Å². The fourth-order valence-electron chi connectivity index (χ4n) is 2.09. The van der Waals surface area contributed by atoms with Gasteiger partial charge in [0.05, 0.1) is 7.11 Å². The number of nitrogens with zero attached hydrogens (tertiary/aromatic N) is 2. The van der Waals surface area contributed by atoms with E-state index in [1.165, 1.54) is 13.2 Å². The number of fused-ring (bicyclic) bond motifs is 1. The van der Waals surface area contributed by atoms with Crippen LogP contribution < -0.4 is 21.6 Å². The Hall–Kier alpha value is -3.62. The van der Waals surface area contributed by atoms with Crippen molar-refractivity contribution in [3.05, 3.63) is 56.2 Å². The number of methoxy groups -OCH3 is 1. The van der Waals surface area contributed by atoms with Gasteiger partial charge in [-0.25, -0.2) is 4.98 Å². The minimum Gasteiger partial charge on any atom is -0.507 e. The minimum atomic E-state index is -0.639. The molecule has 0 aliphatic heterocycles. The topological polar surface area (TPSA) is 147 Å². The van der Waals surface area contributed by atoms with E-state index in [4.69, 9.17) is 10.5 Å². The quantitative estimate of drug-likeness (QED) is 0.516. The molecule has 0 bridgehead atoms. The Balaban J connectivity index is 2.09. The standard InChI is InChI=1S/C15H13N5O4/c1-24-8-4-2-7(3-5-8)10(21)6-9-13(22)18-11-12(17-9)19-15(16)20-14(11)23/h2-6,21H,1H3,(H,18,22)(H3,16,17,19,20,23)/b10-6-. The average Bonchev–Trinajstić information content (AvgIpc) is 2.56. The Morgan fingerprint density at radius 3 is 2.54 bits per heavy atom. The van der Waals surface area contributed by atoms with Crippen LogP contribution in [0.15, 0.2) is 33.9 Å². The number of benzene rings is 1. The molecule has 0 atom stereocenters. The van der Waals surface area contributed by atoms with Crippen molar-refractivity contribution in [3.63, 3.8) is 0 Å². The molecule has 5 N–H and O–H groups in total. The molecule has 1 aromatic carbocycles. The molecule has 9 heteroatoms. The van der Waals surface area contributed by atoms with Crippen LogP contribution in [0, 0.1) is 0 Å². The number of nitrogens with two attached hydrogens (primary N) is 1. The number of hydrogen-bond acceptors (Lipinski definition) is 7. The number of aromatic nitrogens is 4. The first kappa shape index (κ1) is 15.3. The Morgan fingerprint density at radius 1 is 1.17 bits per heavy atom. The van der Waals surface area contributed by atoms with Gasteiger partial charge in [0.1, 0.15) is 17.2 Å². The highest BCUT2D eigenvalue weighted by Crippen LogP contribution is 2.18. The van der Waals surface area contributed by atoms with E-state index in [0.29, 0.717) is 11.3 Å². The summed E-state index contributed by atoms with van der Waals surface area (Å²) in [7, 11) is 1.53. The van der Waals surface area contributed by atoms with E-state index >= 15 is 0 Å². The summed E-state index contributed by atoms with van der Waals surface area (Å²) in [6.45, 7) is 0. The summed E-state index contributed by atoms with van der Waals surface area (Å²) in [5, 5.41) is 10.2. The van der Waals surface area contributed by atoms with E-state index in [2.05, 4.69) is 19.9 Å². The van der Waals surface area contributed by atoms with Crippen LogP contribution in [0.2, 0.25) is 0 Å². The maximum Gasteiger partial charge on any atom is 0.278 e. The molecule has 0 aliphatic carbocycles. The predicted molar refractivity (Wildman–Crippen MR) is 88.7 cm³/mol. The third-order valence-corrected chi connectivity index (χ3v) is 3.28. The van der Waals surface area contributed by atoms with Crippen molar-refractivity contribution in [1.82, 2.24) is 19.9 Å². The summed E-state index contributed by atoms with van der Waals surface area (Å²) < 4.78 is 5.04. The third-order valence-electron chi connectivity index (χ3n) is 3.28. The van der Waals surface area contributed by atoms with Gasteiger partial charge in [0.2, 0.25) is 5.95 Å². The molecule has 0 aliphatic rings. The second kappa shape index (κ2) is 5.88. The van der Waals surface area contributed by atoms with Crippen molar-refractivity contribution in [1.29, 1.82) is 0 Å². The van der Waals surface area contributed by atoms with Crippen molar-refractivity contribution >= 4 is 28.9 Å². The zero-order valence-corrected chi connectivity index (χ0v) is 12.5. The number of nitrogen functional groups attached to an aromatic ring is 1. The molecule has 2 aromatic heterocycles. The molecule has 3 rings (SSSR count). The summed E-state index contributed by atoms with van der Waals surface area (Å²) in [5.41, 5.74) is 4.47. The fraction of sp³-hybridized carbons (Fsp3) is 0.0667. The smallest absolute Gasteiger partial charge is 0.278 e. The first-order valence-electron chi connectivity index (χ1n) is 6.83. The van der Waals surface area contributed by atoms with E-state index in [-0.39, 0.29) is 28.6 Å². The predicted octanol–water partition coefficient (Wildman–Crippen LogP) is 0.653. The number of H-pyrrole nitrogens is 2. The number of aliphatic hydroxyl groups excluding tert-OH is 1. The van der Waals surface area contributed by atoms with E-state index in [9.17, 15) is 14.7 Å². The zero-order valence-electron chi connectivity index (χ0n) is 12.5. The van der Waals surface area contributed by atoms with Crippen molar-refractivity contribution in [2.75, 3.05) is 12.8 Å². The number of aliphatic hydroxyl groups is 1. The van der Waals surface area contributed by atoms with Gasteiger partial charge in [-0.05, 0) is 24.3 Å². The van der Waals surface area contributed by atoms with Gasteiger partial charge < -0.3 is 20.6 Å². The molecule has 0 saturated heterocycles. The molecule has 122 valence electrons. The van der Waals surface area contributed by atoms with Crippen molar-refractivity contribution < 1.29 is 9.84 Å². The molecule has 0 unspecified atom stereocenters. The van der Waals surface area contributed by atoms with E-state index < -0.39 is 11.1 Å². The fourth-order valence-corrected chi connectivity index (χ4v) is 2.09. The molecule has 0 saturated carbocycles. The van der Waals surface area contributed by atoms with Gasteiger partial charge in [0.25, 0.3) is 11.1 Å². The highest BCUT2D eigenvalue weighted by Gasteiger charge is 2.09. The van der Waals surface area contributed by atoms with Gasteiger partial charge in [-0.2, -0.15) is 4.98 Å². The van der Waals surface area contributed by atoms with Crippen LogP contribution in [0.1, 0.15) is 11.3 Å². The molecule has 24 heavy (non-hydrogen) atoms. The molecular weight excluding hydrogens is 314 g/mol. The highest BCUT2D eigenvalue weighted by atomic mass is 16.5. The van der Waals surface area contributed by atoms with Gasteiger partial charge in [-0.15, -0.1) is 0 Å². The number of nitrogens with one attached hydrogen (secondary N) is 2. The minimum absolute atomic E-state index is 0.0235. The van der Waals surface area contributed by atoms with E-state index in [0.717, 1.165) is 0 Å². The Bertz CT molecular complexity index is 1050. The third kappa shape index (κ3) is 2.82. The lowest BCUT2D eigenvalue weighted by molar-refractivity contribution is 0.414. The molecule has 0 fully saturated rings. The van der Waals surface area contributed by atoms with Gasteiger partial charge in [-0.3, -0.25) is 14.6 Å². The summed E-state index contributed by atoms with van der Waals surface area (Å²) in [6.07, 6.45) is 1.18. The van der Waals surface area contributed by atoms with Crippen LogP contribution in [0.4, 0.5) is 5.95 Å². The molecule has 3 aromatic rings. The number of ether oxygens (including phenoxy) is 1. The molecule has 2 heterocycles. The molecule has 0 radical (unpaired) electrons. The number of hydrogen-bond donors (Lipinski definition) is 4. The van der Waals surface area contributed by atoms with Crippen LogP contribution in [-0.4, -0.2) is 32.2 Å². The van der Waals surface area contributed by atoms with Crippen molar-refractivity contribution in [3.8, 4) is 5.75 Å². The molecular formula is C15H13N5O4. The average molecular weight is 327 g/mol. The maximum atomic E-state index is 12.0. The lowest BCUT2D eigenvalue weighted by Crippen LogP contribution is -2.20. The van der Waals surface area contributed by atoms with E-state index in [1.807, 2.05) is 0 Å². The van der Waals surface area contributed by atoms with Crippen LogP contribution in [0.5, 0.6) is 5.75 Å². The van der Waals surface area contributed by atoms with Gasteiger partial charge in [-0.1, -0.05) is 0 Å². The van der Waals surface area contributed by atoms with Crippen molar-refractivity contribution in [2.24, 2.45) is 0 Å². The maximum absolute atomic E-state index is 12.0. The molecule has 9 nitrogen and oxygen atoms in total. The van der Waals surface area contributed by atoms with E-state index in [1.54, 1.807) is 24.3 Å². The van der Waals surface area contributed by atoms with Gasteiger partial charge in [0.15, 0.2) is 11.2 Å². The SMILES string of the molecule is COc1ccc(/C(O)=C/c2nc3nc(N)[nH]c(=O)c3[nH]c2=O)cc1. The second-order valence-electron chi connectivity index (χ2n) is 4.86. The molecule has 0 amide bonds. The van der Waals surface area contributed by atoms with Crippen LogP contribution >= 0.6 is 0 Å². The zero-order chi connectivity index (χ0) is 17.3. The summed E-state index contributed by atoms with van der Waals surface area (Å²) in [6, 6.07) is 6.58. The summed E-state index contributed by atoms with van der Waals surface area (Å²) in [5.74, 6) is 0.335. The summed E-state index contributed by atoms with van der Waals surface area (Å²) >= 11 is 0. The largest absolute Gasteiger partial charge is 0.507 e. The van der Waals surface area contributed by atoms with Crippen LogP contribution in [0.25, 0.3) is 23.0 Å². The Labute approximate surface area is 134 Å². The lowest BCUT2D eigenvalue weighted by atomic mass is 10.1.